The van der Waals surface area contributed by atoms with Crippen LogP contribution in [0, 0.1) is 0 Å². The van der Waals surface area contributed by atoms with E-state index in [4.69, 9.17) is 10.5 Å². The number of nitrogens with one attached hydrogen (secondary N) is 2. The molecule has 0 atom stereocenters. The van der Waals surface area contributed by atoms with Crippen LogP contribution in [-0.4, -0.2) is 49.0 Å². The summed E-state index contributed by atoms with van der Waals surface area (Å²) in [7, 11) is 0. The van der Waals surface area contributed by atoms with Gasteiger partial charge in [0.05, 0.1) is 23.7 Å². The molecule has 0 saturated heterocycles. The molecule has 1 aliphatic rings. The number of aromatic amines is 1. The zero-order chi connectivity index (χ0) is 28.1. The first kappa shape index (κ1) is 27.9. The molecule has 3 aromatic heterocycles. The van der Waals surface area contributed by atoms with Crippen molar-refractivity contribution in [1.29, 1.82) is 0 Å². The number of nitrogens with two attached hydrogens (primary N) is 1. The first-order valence-corrected chi connectivity index (χ1v) is 15.4. The molecule has 4 N–H and O–H groups in total. The standard InChI is InChI=1S/C26H27N7O4S3/c1-2-37-24(36)22-16-10-6-7-11-17(16)40-23(22)29-21(35)14-39-26-32-31-19(33(26)15-8-4-3-5-9-15)13-38-25-28-18(27)12-20(34)30-25/h3-5,8-9,12H,2,6-7,10-11,13-14H2,1H3,(H,29,35)(H3,27,28,30,34). The summed E-state index contributed by atoms with van der Waals surface area (Å²) in [6.07, 6.45) is 3.79. The lowest BCUT2D eigenvalue weighted by atomic mass is 9.95. The third-order valence-corrected chi connectivity index (χ3v) is 9.03. The van der Waals surface area contributed by atoms with Crippen LogP contribution in [0.4, 0.5) is 10.8 Å². The van der Waals surface area contributed by atoms with Crippen molar-refractivity contribution in [3.63, 3.8) is 0 Å². The van der Waals surface area contributed by atoms with E-state index in [9.17, 15) is 14.4 Å². The Hall–Kier alpha value is -3.62. The summed E-state index contributed by atoms with van der Waals surface area (Å²) in [6, 6.07) is 10.8. The third kappa shape index (κ3) is 6.40. The maximum atomic E-state index is 13.1. The Morgan fingerprint density at radius 3 is 2.75 bits per heavy atom. The molecule has 3 heterocycles. The van der Waals surface area contributed by atoms with Crippen LogP contribution in [0.5, 0.6) is 0 Å². The van der Waals surface area contributed by atoms with Crippen molar-refractivity contribution in [1.82, 2.24) is 24.7 Å². The molecule has 0 aliphatic heterocycles. The number of hydrogen-bond donors (Lipinski definition) is 3. The van der Waals surface area contributed by atoms with Crippen LogP contribution < -0.4 is 16.6 Å². The van der Waals surface area contributed by atoms with Crippen LogP contribution in [0.2, 0.25) is 0 Å². The molecule has 1 aliphatic carbocycles. The SMILES string of the molecule is CCOC(=O)c1c(NC(=O)CSc2nnc(CSc3nc(N)cc(=O)[nH]3)n2-c2ccccc2)sc2c1CCCC2. The van der Waals surface area contributed by atoms with Gasteiger partial charge in [0.1, 0.15) is 16.6 Å². The largest absolute Gasteiger partial charge is 0.462 e. The zero-order valence-corrected chi connectivity index (χ0v) is 24.1. The Bertz CT molecular complexity index is 1580. The van der Waals surface area contributed by atoms with Crippen LogP contribution in [-0.2, 0) is 28.1 Å². The lowest BCUT2D eigenvalue weighted by molar-refractivity contribution is -0.113. The number of hydrogen-bond acceptors (Lipinski definition) is 11. The molecular weight excluding hydrogens is 571 g/mol. The number of anilines is 2. The number of nitrogens with zero attached hydrogens (tertiary/aromatic N) is 4. The maximum absolute atomic E-state index is 13.1. The van der Waals surface area contributed by atoms with Crippen molar-refractivity contribution in [2.45, 2.75) is 48.7 Å². The number of rotatable bonds is 10. The van der Waals surface area contributed by atoms with Gasteiger partial charge in [0.2, 0.25) is 5.91 Å². The smallest absolute Gasteiger partial charge is 0.341 e. The highest BCUT2D eigenvalue weighted by molar-refractivity contribution is 7.99. The number of nitrogen functional groups attached to an aromatic ring is 1. The van der Waals surface area contributed by atoms with E-state index in [1.165, 1.54) is 40.9 Å². The van der Waals surface area contributed by atoms with Gasteiger partial charge in [-0.2, -0.15) is 0 Å². The van der Waals surface area contributed by atoms with Crippen LogP contribution in [0.3, 0.4) is 0 Å². The fourth-order valence-electron chi connectivity index (χ4n) is 4.34. The molecule has 0 unspecified atom stereocenters. The quantitative estimate of drug-likeness (QED) is 0.138. The van der Waals surface area contributed by atoms with Crippen molar-refractivity contribution in [3.8, 4) is 5.69 Å². The van der Waals surface area contributed by atoms with Crippen molar-refractivity contribution >= 4 is 57.6 Å². The number of ether oxygens (including phenoxy) is 1. The Morgan fingerprint density at radius 2 is 1.98 bits per heavy atom. The molecule has 40 heavy (non-hydrogen) atoms. The highest BCUT2D eigenvalue weighted by atomic mass is 32.2. The second kappa shape index (κ2) is 12.7. The van der Waals surface area contributed by atoms with Gasteiger partial charge in [-0.15, -0.1) is 21.5 Å². The second-order valence-electron chi connectivity index (χ2n) is 8.81. The molecule has 0 saturated carbocycles. The minimum absolute atomic E-state index is 0.0625. The number of aromatic nitrogens is 5. The van der Waals surface area contributed by atoms with E-state index < -0.39 is 5.97 Å². The molecule has 5 rings (SSSR count). The topological polar surface area (TPSA) is 158 Å². The summed E-state index contributed by atoms with van der Waals surface area (Å²) in [5.41, 5.74) is 7.68. The van der Waals surface area contributed by atoms with Gasteiger partial charge in [0.15, 0.2) is 10.3 Å². The summed E-state index contributed by atoms with van der Waals surface area (Å²) in [6.45, 7) is 2.04. The van der Waals surface area contributed by atoms with Crippen molar-refractivity contribution < 1.29 is 14.3 Å². The predicted molar refractivity (Wildman–Crippen MR) is 156 cm³/mol. The van der Waals surface area contributed by atoms with E-state index in [-0.39, 0.29) is 29.6 Å². The van der Waals surface area contributed by atoms with Crippen LogP contribution >= 0.6 is 34.9 Å². The molecule has 14 heteroatoms. The first-order valence-electron chi connectivity index (χ1n) is 12.7. The summed E-state index contributed by atoms with van der Waals surface area (Å²) in [5, 5.41) is 13.1. The second-order valence-corrected chi connectivity index (χ2v) is 11.8. The minimum atomic E-state index is -0.396. The first-order chi connectivity index (χ1) is 19.4. The fourth-order valence-corrected chi connectivity index (χ4v) is 7.20. The van der Waals surface area contributed by atoms with Gasteiger partial charge in [0.25, 0.3) is 5.56 Å². The van der Waals surface area contributed by atoms with E-state index in [0.717, 1.165) is 41.8 Å². The fraction of sp³-hybridized carbons (Fsp3) is 0.308. The molecule has 1 aromatic carbocycles. The van der Waals surface area contributed by atoms with Crippen molar-refractivity contribution in [2.75, 3.05) is 23.4 Å². The van der Waals surface area contributed by atoms with E-state index >= 15 is 0 Å². The average molecular weight is 598 g/mol. The maximum Gasteiger partial charge on any atom is 0.341 e. The number of fused-ring (bicyclic) bond motifs is 1. The number of thiophene rings is 1. The molecule has 208 valence electrons. The number of carbonyl (C=O) groups excluding carboxylic acids is 2. The van der Waals surface area contributed by atoms with E-state index in [2.05, 4.69) is 25.5 Å². The molecule has 0 bridgehead atoms. The molecule has 0 spiro atoms. The summed E-state index contributed by atoms with van der Waals surface area (Å²) >= 11 is 3.97. The van der Waals surface area contributed by atoms with Gasteiger partial charge in [0, 0.05) is 16.6 Å². The molecule has 0 fully saturated rings. The van der Waals surface area contributed by atoms with Gasteiger partial charge >= 0.3 is 5.97 Å². The van der Waals surface area contributed by atoms with Gasteiger partial charge in [-0.25, -0.2) is 9.78 Å². The number of carbonyl (C=O) groups is 2. The summed E-state index contributed by atoms with van der Waals surface area (Å²) in [4.78, 5) is 45.5. The Kier molecular flexibility index (Phi) is 8.87. The number of esters is 1. The molecule has 4 aromatic rings. The van der Waals surface area contributed by atoms with E-state index in [1.54, 1.807) is 6.92 Å². The molecular formula is C26H27N7O4S3. The van der Waals surface area contributed by atoms with Gasteiger partial charge in [-0.05, 0) is 50.3 Å². The van der Waals surface area contributed by atoms with Crippen molar-refractivity contribution in [2.24, 2.45) is 0 Å². The third-order valence-electron chi connectivity index (χ3n) is 6.03. The molecule has 11 nitrogen and oxygen atoms in total. The number of para-hydroxylation sites is 1. The number of benzene rings is 1. The average Bonchev–Trinajstić information content (AvgIpc) is 3.51. The van der Waals surface area contributed by atoms with Gasteiger partial charge in [-0.3, -0.25) is 14.2 Å². The van der Waals surface area contributed by atoms with Crippen molar-refractivity contribution in [3.05, 3.63) is 68.6 Å². The van der Waals surface area contributed by atoms with Crippen LogP contribution in [0.15, 0.2) is 51.5 Å². The number of thioether (sulfide) groups is 2. The predicted octanol–water partition coefficient (Wildman–Crippen LogP) is 4.07. The Labute approximate surface area is 242 Å². The van der Waals surface area contributed by atoms with E-state index in [1.807, 2.05) is 34.9 Å². The number of amides is 1. The number of H-pyrrole nitrogens is 1. The van der Waals surface area contributed by atoms with Crippen LogP contribution in [0.25, 0.3) is 5.69 Å². The lowest BCUT2D eigenvalue weighted by Gasteiger charge is -2.12. The summed E-state index contributed by atoms with van der Waals surface area (Å²) in [5.74, 6) is 0.508. The summed E-state index contributed by atoms with van der Waals surface area (Å²) < 4.78 is 7.16. The van der Waals surface area contributed by atoms with E-state index in [0.29, 0.717) is 32.5 Å². The minimum Gasteiger partial charge on any atom is -0.462 e. The highest BCUT2D eigenvalue weighted by Crippen LogP contribution is 2.39. The van der Waals surface area contributed by atoms with Gasteiger partial charge in [-0.1, -0.05) is 41.7 Å². The normalized spacial score (nSPS) is 12.6. The molecule has 1 amide bonds. The van der Waals surface area contributed by atoms with Crippen LogP contribution in [0.1, 0.15) is 46.4 Å². The monoisotopic (exact) mass is 597 g/mol. The Morgan fingerprint density at radius 1 is 1.18 bits per heavy atom. The molecule has 0 radical (unpaired) electrons. The number of aryl methyl sites for hydroxylation is 1. The highest BCUT2D eigenvalue weighted by Gasteiger charge is 2.27. The Balaban J connectivity index is 1.33. The lowest BCUT2D eigenvalue weighted by Crippen LogP contribution is -2.17. The van der Waals surface area contributed by atoms with Gasteiger partial charge < -0.3 is 20.8 Å². The zero-order valence-electron chi connectivity index (χ0n) is 21.6.